The Labute approximate surface area is 176 Å². The van der Waals surface area contributed by atoms with E-state index in [2.05, 4.69) is 15.3 Å². The Morgan fingerprint density at radius 2 is 1.57 bits per heavy atom. The van der Waals surface area contributed by atoms with Gasteiger partial charge >= 0.3 is 6.18 Å². The minimum atomic E-state index is -4.32. The smallest absolute Gasteiger partial charge is 0.342 e. The van der Waals surface area contributed by atoms with Gasteiger partial charge < -0.3 is 10.3 Å². The lowest BCUT2D eigenvalue weighted by Gasteiger charge is -2.09. The van der Waals surface area contributed by atoms with Gasteiger partial charge in [-0.05, 0) is 47.0 Å². The van der Waals surface area contributed by atoms with Crippen molar-refractivity contribution < 1.29 is 13.2 Å². The summed E-state index contributed by atoms with van der Waals surface area (Å²) in [5.41, 5.74) is 3.92. The zero-order valence-corrected chi connectivity index (χ0v) is 16.7. The molecule has 4 rings (SSSR count). The summed E-state index contributed by atoms with van der Waals surface area (Å²) < 4.78 is 38.0. The maximum Gasteiger partial charge on any atom is 0.416 e. The highest BCUT2D eigenvalue weighted by Gasteiger charge is 2.29. The Bertz CT molecular complexity index is 1130. The summed E-state index contributed by atoms with van der Waals surface area (Å²) >= 11 is 5.99. The van der Waals surface area contributed by atoms with Crippen LogP contribution in [0.5, 0.6) is 0 Å². The molecule has 4 aromatic rings. The number of H-pyrrole nitrogens is 1. The van der Waals surface area contributed by atoms with Crippen molar-refractivity contribution in [1.29, 1.82) is 0 Å². The minimum absolute atomic E-state index is 0.639. The Kier molecular flexibility index (Phi) is 5.79. The van der Waals surface area contributed by atoms with Gasteiger partial charge in [-0.2, -0.15) is 13.2 Å². The molecule has 0 saturated heterocycles. The fourth-order valence-corrected chi connectivity index (χ4v) is 3.43. The molecule has 0 aliphatic rings. The van der Waals surface area contributed by atoms with Gasteiger partial charge in [0.05, 0.1) is 16.6 Å². The molecule has 1 heterocycles. The van der Waals surface area contributed by atoms with Gasteiger partial charge in [-0.3, -0.25) is 0 Å². The molecule has 2 N–H and O–H groups in total. The number of hydrogen-bond donors (Lipinski definition) is 2. The normalized spacial score (nSPS) is 11.9. The summed E-state index contributed by atoms with van der Waals surface area (Å²) in [6.45, 7) is 1.45. The number of fused-ring (bicyclic) bond motifs is 1. The van der Waals surface area contributed by atoms with Gasteiger partial charge in [0.25, 0.3) is 0 Å². The van der Waals surface area contributed by atoms with Crippen LogP contribution in [0.1, 0.15) is 17.0 Å². The van der Waals surface area contributed by atoms with E-state index in [0.717, 1.165) is 58.6 Å². The number of alkyl halides is 3. The van der Waals surface area contributed by atoms with Crippen molar-refractivity contribution in [1.82, 2.24) is 15.3 Å². The summed E-state index contributed by atoms with van der Waals surface area (Å²) in [6, 6.07) is 18.6. The molecule has 0 unspecified atom stereocenters. The fraction of sp³-hybridized carbons (Fsp3) is 0.174. The molecular formula is C23H19ClF3N3. The average Bonchev–Trinajstić information content (AvgIpc) is 3.13. The summed E-state index contributed by atoms with van der Waals surface area (Å²) in [4.78, 5) is 7.81. The van der Waals surface area contributed by atoms with Gasteiger partial charge in [0, 0.05) is 24.5 Å². The maximum atomic E-state index is 12.7. The van der Waals surface area contributed by atoms with Gasteiger partial charge in [-0.1, -0.05) is 48.0 Å². The first-order valence-corrected chi connectivity index (χ1v) is 9.88. The topological polar surface area (TPSA) is 40.7 Å². The number of aromatic amines is 1. The molecule has 0 radical (unpaired) electrons. The highest BCUT2D eigenvalue weighted by atomic mass is 35.5. The third-order valence-electron chi connectivity index (χ3n) is 4.86. The number of rotatable bonds is 6. The molecule has 3 aromatic carbocycles. The molecule has 0 bridgehead atoms. The average molecular weight is 430 g/mol. The van der Waals surface area contributed by atoms with E-state index in [9.17, 15) is 13.2 Å². The molecule has 3 nitrogen and oxygen atoms in total. The molecule has 0 fully saturated rings. The molecule has 154 valence electrons. The SMILES string of the molecule is FC(F)(F)c1ccc(-c2ccc(CNCCc3nc4ccc(Cl)cc4[nH]3)cc2)cc1. The van der Waals surface area contributed by atoms with Crippen LogP contribution in [0.3, 0.4) is 0 Å². The second-order valence-corrected chi connectivity index (χ2v) is 7.48. The summed E-state index contributed by atoms with van der Waals surface area (Å²) in [5.74, 6) is 0.900. The van der Waals surface area contributed by atoms with Gasteiger partial charge in [0.15, 0.2) is 0 Å². The van der Waals surface area contributed by atoms with Crippen LogP contribution in [-0.4, -0.2) is 16.5 Å². The molecule has 0 aliphatic heterocycles. The van der Waals surface area contributed by atoms with Crippen molar-refractivity contribution in [3.8, 4) is 11.1 Å². The van der Waals surface area contributed by atoms with Gasteiger partial charge in [-0.15, -0.1) is 0 Å². The second-order valence-electron chi connectivity index (χ2n) is 7.04. The highest BCUT2D eigenvalue weighted by molar-refractivity contribution is 6.31. The van der Waals surface area contributed by atoms with E-state index in [1.54, 1.807) is 0 Å². The van der Waals surface area contributed by atoms with Crippen molar-refractivity contribution >= 4 is 22.6 Å². The van der Waals surface area contributed by atoms with Crippen LogP contribution in [0.2, 0.25) is 5.02 Å². The first-order chi connectivity index (χ1) is 14.4. The number of imidazole rings is 1. The minimum Gasteiger partial charge on any atom is -0.342 e. The largest absolute Gasteiger partial charge is 0.416 e. The molecule has 7 heteroatoms. The number of nitrogens with one attached hydrogen (secondary N) is 2. The molecule has 30 heavy (non-hydrogen) atoms. The molecule has 1 aromatic heterocycles. The van der Waals surface area contributed by atoms with E-state index in [0.29, 0.717) is 11.6 Å². The predicted molar refractivity (Wildman–Crippen MR) is 113 cm³/mol. The molecule has 0 atom stereocenters. The predicted octanol–water partition coefficient (Wildman–Crippen LogP) is 6.23. The quantitative estimate of drug-likeness (QED) is 0.356. The molecule has 0 aliphatic carbocycles. The number of aromatic nitrogens is 2. The number of benzene rings is 3. The Hall–Kier alpha value is -2.83. The third-order valence-corrected chi connectivity index (χ3v) is 5.10. The maximum absolute atomic E-state index is 12.7. The third kappa shape index (κ3) is 4.83. The first-order valence-electron chi connectivity index (χ1n) is 9.50. The van der Waals surface area contributed by atoms with E-state index in [1.165, 1.54) is 12.1 Å². The van der Waals surface area contributed by atoms with Crippen molar-refractivity contribution in [2.45, 2.75) is 19.1 Å². The molecule has 0 spiro atoms. The van der Waals surface area contributed by atoms with E-state index in [-0.39, 0.29) is 0 Å². The van der Waals surface area contributed by atoms with E-state index in [4.69, 9.17) is 11.6 Å². The van der Waals surface area contributed by atoms with Gasteiger partial charge in [0.2, 0.25) is 0 Å². The standard InChI is InChI=1S/C23H19ClF3N3/c24-19-9-10-20-21(13-19)30-22(29-20)11-12-28-14-15-1-3-16(4-2-15)17-5-7-18(8-6-17)23(25,26)27/h1-10,13,28H,11-12,14H2,(H,29,30). The van der Waals surface area contributed by atoms with Crippen LogP contribution in [0.25, 0.3) is 22.2 Å². The molecule has 0 saturated carbocycles. The van der Waals surface area contributed by atoms with Crippen molar-refractivity contribution in [2.24, 2.45) is 0 Å². The Balaban J connectivity index is 1.30. The number of nitrogens with zero attached hydrogens (tertiary/aromatic N) is 1. The number of hydrogen-bond acceptors (Lipinski definition) is 2. The van der Waals surface area contributed by atoms with Gasteiger partial charge in [-0.25, -0.2) is 4.98 Å². The zero-order valence-electron chi connectivity index (χ0n) is 15.9. The van der Waals surface area contributed by atoms with Gasteiger partial charge in [0.1, 0.15) is 5.82 Å². The van der Waals surface area contributed by atoms with Crippen LogP contribution in [0.4, 0.5) is 13.2 Å². The number of halogens is 4. The summed E-state index contributed by atoms with van der Waals surface area (Å²) in [6.07, 6.45) is -3.56. The van der Waals surface area contributed by atoms with Crippen molar-refractivity contribution in [2.75, 3.05) is 6.54 Å². The second kappa shape index (κ2) is 8.50. The summed E-state index contributed by atoms with van der Waals surface area (Å²) in [7, 11) is 0. The van der Waals surface area contributed by atoms with Crippen LogP contribution >= 0.6 is 11.6 Å². The summed E-state index contributed by atoms with van der Waals surface area (Å²) in [5, 5.41) is 4.05. The fourth-order valence-electron chi connectivity index (χ4n) is 3.26. The lowest BCUT2D eigenvalue weighted by molar-refractivity contribution is -0.137. The monoisotopic (exact) mass is 429 g/mol. The molecule has 0 amide bonds. The highest BCUT2D eigenvalue weighted by Crippen LogP contribution is 2.31. The lowest BCUT2D eigenvalue weighted by Crippen LogP contribution is -2.17. The van der Waals surface area contributed by atoms with Crippen LogP contribution < -0.4 is 5.32 Å². The van der Waals surface area contributed by atoms with Crippen LogP contribution in [0, 0.1) is 0 Å². The zero-order chi connectivity index (χ0) is 21.1. The lowest BCUT2D eigenvalue weighted by atomic mass is 10.0. The van der Waals surface area contributed by atoms with Crippen molar-refractivity contribution in [3.05, 3.63) is 88.7 Å². The Morgan fingerprint density at radius 3 is 2.23 bits per heavy atom. The first kappa shape index (κ1) is 20.4. The Morgan fingerprint density at radius 1 is 0.900 bits per heavy atom. The van der Waals surface area contributed by atoms with E-state index < -0.39 is 11.7 Å². The molecular weight excluding hydrogens is 411 g/mol. The van der Waals surface area contributed by atoms with Crippen LogP contribution in [-0.2, 0) is 19.1 Å². The van der Waals surface area contributed by atoms with E-state index in [1.807, 2.05) is 42.5 Å². The van der Waals surface area contributed by atoms with E-state index >= 15 is 0 Å². The van der Waals surface area contributed by atoms with Crippen molar-refractivity contribution in [3.63, 3.8) is 0 Å². The van der Waals surface area contributed by atoms with Crippen LogP contribution in [0.15, 0.2) is 66.7 Å².